The topological polar surface area (TPSA) is 52.0 Å². The van der Waals surface area contributed by atoms with Gasteiger partial charge in [0, 0.05) is 5.69 Å². The molecule has 0 radical (unpaired) electrons. The van der Waals surface area contributed by atoms with Crippen molar-refractivity contribution in [3.05, 3.63) is 23.0 Å². The van der Waals surface area contributed by atoms with Crippen molar-refractivity contribution in [2.24, 2.45) is 0 Å². The minimum absolute atomic E-state index is 0.121. The van der Waals surface area contributed by atoms with E-state index in [0.29, 0.717) is 6.07 Å². The maximum absolute atomic E-state index is 13.0. The maximum Gasteiger partial charge on any atom is 0.419 e. The smallest absolute Gasteiger partial charge is 0.398 e. The van der Waals surface area contributed by atoms with Gasteiger partial charge in [-0.1, -0.05) is 0 Å². The molecule has 2 nitrogen and oxygen atoms in total. The number of rotatable bonds is 0. The summed E-state index contributed by atoms with van der Waals surface area (Å²) in [5.74, 6) is -1.47. The van der Waals surface area contributed by atoms with Crippen molar-refractivity contribution in [3.63, 3.8) is 0 Å². The molecule has 0 fully saturated rings. The van der Waals surface area contributed by atoms with Crippen LogP contribution in [-0.2, 0) is 6.18 Å². The van der Waals surface area contributed by atoms with Crippen LogP contribution >= 0.6 is 0 Å². The third-order valence-corrected chi connectivity index (χ3v) is 1.92. The molecule has 0 aliphatic heterocycles. The second-order valence-electron chi connectivity index (χ2n) is 2.86. The number of alkyl halides is 3. The number of nitrogen functional groups attached to an aromatic ring is 2. The average molecular weight is 208 g/mol. The molecule has 1 aromatic carbocycles. The predicted octanol–water partition coefficient (Wildman–Crippen LogP) is 2.32. The Morgan fingerprint density at radius 2 is 1.71 bits per heavy atom. The van der Waals surface area contributed by atoms with E-state index in [4.69, 9.17) is 11.5 Å². The molecule has 0 aromatic heterocycles. The Morgan fingerprint density at radius 1 is 1.21 bits per heavy atom. The van der Waals surface area contributed by atoms with E-state index in [1.807, 2.05) is 0 Å². The largest absolute Gasteiger partial charge is 0.419 e. The van der Waals surface area contributed by atoms with Gasteiger partial charge in [-0.15, -0.1) is 0 Å². The van der Waals surface area contributed by atoms with Crippen LogP contribution in [0.2, 0.25) is 0 Å². The number of nitrogens with two attached hydrogens (primary N) is 2. The summed E-state index contributed by atoms with van der Waals surface area (Å²) in [6.45, 7) is 1.36. The zero-order chi connectivity index (χ0) is 11.1. The minimum atomic E-state index is -4.78. The molecular formula is C8H8F4N2. The number of halogens is 4. The zero-order valence-corrected chi connectivity index (χ0v) is 7.24. The van der Waals surface area contributed by atoms with Crippen molar-refractivity contribution < 1.29 is 17.6 Å². The van der Waals surface area contributed by atoms with Gasteiger partial charge >= 0.3 is 6.18 Å². The lowest BCUT2D eigenvalue weighted by Crippen LogP contribution is -2.12. The number of hydrogen-bond acceptors (Lipinski definition) is 2. The fourth-order valence-corrected chi connectivity index (χ4v) is 0.999. The van der Waals surface area contributed by atoms with Crippen molar-refractivity contribution in [1.82, 2.24) is 0 Å². The van der Waals surface area contributed by atoms with Gasteiger partial charge in [-0.05, 0) is 18.6 Å². The van der Waals surface area contributed by atoms with Crippen molar-refractivity contribution in [2.45, 2.75) is 13.1 Å². The van der Waals surface area contributed by atoms with E-state index in [1.165, 1.54) is 6.92 Å². The molecule has 14 heavy (non-hydrogen) atoms. The van der Waals surface area contributed by atoms with Gasteiger partial charge in [0.15, 0.2) is 5.82 Å². The molecule has 0 saturated heterocycles. The highest BCUT2D eigenvalue weighted by molar-refractivity contribution is 5.63. The summed E-state index contributed by atoms with van der Waals surface area (Å²) in [5.41, 5.74) is 8.33. The Bertz CT molecular complexity index is 371. The second kappa shape index (κ2) is 3.04. The van der Waals surface area contributed by atoms with Gasteiger partial charge in [0.05, 0.1) is 11.3 Å². The van der Waals surface area contributed by atoms with Crippen LogP contribution < -0.4 is 11.5 Å². The minimum Gasteiger partial charge on any atom is -0.398 e. The van der Waals surface area contributed by atoms with Crippen molar-refractivity contribution in [3.8, 4) is 0 Å². The molecule has 6 heteroatoms. The number of anilines is 2. The number of hydrogen-bond donors (Lipinski definition) is 2. The van der Waals surface area contributed by atoms with E-state index in [-0.39, 0.29) is 11.3 Å². The molecule has 0 bridgehead atoms. The summed E-state index contributed by atoms with van der Waals surface area (Å²) in [6.07, 6.45) is -4.78. The van der Waals surface area contributed by atoms with Crippen molar-refractivity contribution in [1.29, 1.82) is 0 Å². The van der Waals surface area contributed by atoms with E-state index >= 15 is 0 Å². The van der Waals surface area contributed by atoms with Crippen LogP contribution in [0.1, 0.15) is 11.1 Å². The predicted molar refractivity (Wildman–Crippen MR) is 45.0 cm³/mol. The third kappa shape index (κ3) is 1.59. The summed E-state index contributed by atoms with van der Waals surface area (Å²) < 4.78 is 49.6. The summed E-state index contributed by atoms with van der Waals surface area (Å²) in [7, 11) is 0. The molecule has 0 unspecified atom stereocenters. The van der Waals surface area contributed by atoms with Gasteiger partial charge in [-0.3, -0.25) is 0 Å². The van der Waals surface area contributed by atoms with Gasteiger partial charge in [0.1, 0.15) is 0 Å². The molecule has 4 N–H and O–H groups in total. The van der Waals surface area contributed by atoms with Crippen LogP contribution in [0.5, 0.6) is 0 Å². The Labute approximate surface area is 77.5 Å². The summed E-state index contributed by atoms with van der Waals surface area (Å²) in [5, 5.41) is 0. The first-order chi connectivity index (χ1) is 6.25. The molecule has 0 spiro atoms. The molecule has 0 amide bonds. The van der Waals surface area contributed by atoms with Gasteiger partial charge in [-0.25, -0.2) is 4.39 Å². The van der Waals surface area contributed by atoms with Crippen LogP contribution in [0.15, 0.2) is 6.07 Å². The molecule has 1 aromatic rings. The second-order valence-corrected chi connectivity index (χ2v) is 2.86. The van der Waals surface area contributed by atoms with E-state index in [1.54, 1.807) is 0 Å². The molecule has 0 heterocycles. The van der Waals surface area contributed by atoms with E-state index < -0.39 is 23.2 Å². The molecule has 0 aliphatic carbocycles. The van der Waals surface area contributed by atoms with E-state index in [0.717, 1.165) is 0 Å². The normalized spacial score (nSPS) is 11.8. The van der Waals surface area contributed by atoms with Crippen LogP contribution in [0.4, 0.5) is 28.9 Å². The van der Waals surface area contributed by atoms with Gasteiger partial charge in [-0.2, -0.15) is 13.2 Å². The third-order valence-electron chi connectivity index (χ3n) is 1.92. The van der Waals surface area contributed by atoms with E-state index in [9.17, 15) is 17.6 Å². The highest BCUT2D eigenvalue weighted by Crippen LogP contribution is 2.36. The Kier molecular flexibility index (Phi) is 2.31. The zero-order valence-electron chi connectivity index (χ0n) is 7.24. The summed E-state index contributed by atoms with van der Waals surface area (Å²) in [4.78, 5) is 0. The lowest BCUT2D eigenvalue weighted by molar-refractivity contribution is -0.139. The van der Waals surface area contributed by atoms with Crippen LogP contribution in [0, 0.1) is 12.7 Å². The van der Waals surface area contributed by atoms with Crippen LogP contribution in [0.3, 0.4) is 0 Å². The highest BCUT2D eigenvalue weighted by Gasteiger charge is 2.35. The van der Waals surface area contributed by atoms with Crippen molar-refractivity contribution in [2.75, 3.05) is 11.5 Å². The monoisotopic (exact) mass is 208 g/mol. The highest BCUT2D eigenvalue weighted by atomic mass is 19.4. The number of benzene rings is 1. The van der Waals surface area contributed by atoms with Crippen molar-refractivity contribution >= 4 is 11.4 Å². The Hall–Kier alpha value is -1.46. The quantitative estimate of drug-likeness (QED) is 0.507. The van der Waals surface area contributed by atoms with Gasteiger partial charge in [0.25, 0.3) is 0 Å². The van der Waals surface area contributed by atoms with Gasteiger partial charge < -0.3 is 11.5 Å². The fourth-order valence-electron chi connectivity index (χ4n) is 0.999. The first kappa shape index (κ1) is 10.6. The fraction of sp³-hybridized carbons (Fsp3) is 0.250. The first-order valence-corrected chi connectivity index (χ1v) is 3.66. The standard InChI is InChI=1S/C8H8F4N2/c1-3-5(13)2-4(8(10,11)12)6(9)7(3)14/h2H,13-14H2,1H3. The summed E-state index contributed by atoms with van der Waals surface area (Å²) in [6, 6.07) is 0.543. The van der Waals surface area contributed by atoms with Crippen LogP contribution in [0.25, 0.3) is 0 Å². The maximum atomic E-state index is 13.0. The van der Waals surface area contributed by atoms with E-state index in [2.05, 4.69) is 0 Å². The van der Waals surface area contributed by atoms with Crippen LogP contribution in [-0.4, -0.2) is 0 Å². The Balaban J connectivity index is 3.49. The molecule has 0 aliphatic rings. The summed E-state index contributed by atoms with van der Waals surface area (Å²) >= 11 is 0. The van der Waals surface area contributed by atoms with Gasteiger partial charge in [0.2, 0.25) is 0 Å². The molecule has 0 atom stereocenters. The SMILES string of the molecule is Cc1c(N)cc(C(F)(F)F)c(F)c1N. The molecular weight excluding hydrogens is 200 g/mol. The molecule has 1 rings (SSSR count). The lowest BCUT2D eigenvalue weighted by Gasteiger charge is -2.13. The molecule has 0 saturated carbocycles. The molecule has 78 valence electrons. The average Bonchev–Trinajstić information content (AvgIpc) is 2.06. The first-order valence-electron chi connectivity index (χ1n) is 3.66. The lowest BCUT2D eigenvalue weighted by atomic mass is 10.1. The Morgan fingerprint density at radius 3 is 2.14 bits per heavy atom.